The fraction of sp³-hybridized carbons (Fsp3) is 0.500. The van der Waals surface area contributed by atoms with Crippen molar-refractivity contribution in [1.29, 1.82) is 0 Å². The molecule has 0 heterocycles. The quantitative estimate of drug-likeness (QED) is 0.475. The van der Waals surface area contributed by atoms with Gasteiger partial charge in [-0.1, -0.05) is 0 Å². The fourth-order valence-electron chi connectivity index (χ4n) is 0.420. The van der Waals surface area contributed by atoms with Crippen molar-refractivity contribution >= 4 is 18.1 Å². The van der Waals surface area contributed by atoms with Gasteiger partial charge in [-0.25, -0.2) is 0 Å². The highest BCUT2D eigenvalue weighted by molar-refractivity contribution is 5.86. The van der Waals surface area contributed by atoms with Crippen molar-refractivity contribution in [2.45, 2.75) is 6.92 Å². The summed E-state index contributed by atoms with van der Waals surface area (Å²) in [6.45, 7) is 1.30. The number of Topliss-reactive ketones (excluding diaryl/α,β-unsaturated/α-hetero) is 1. The summed E-state index contributed by atoms with van der Waals surface area (Å²) >= 11 is 0. The van der Waals surface area contributed by atoms with Crippen LogP contribution in [0.4, 0.5) is 0 Å². The minimum absolute atomic E-state index is 0.0133. The zero-order valence-corrected chi connectivity index (χ0v) is 6.22. The van der Waals surface area contributed by atoms with Crippen LogP contribution in [-0.2, 0) is 14.4 Å². The highest BCUT2D eigenvalue weighted by Gasteiger charge is 1.99. The van der Waals surface area contributed by atoms with E-state index in [4.69, 9.17) is 0 Å². The summed E-state index contributed by atoms with van der Waals surface area (Å²) in [4.78, 5) is 30.6. The van der Waals surface area contributed by atoms with Crippen molar-refractivity contribution in [3.05, 3.63) is 0 Å². The second-order valence-corrected chi connectivity index (χ2v) is 1.98. The Morgan fingerprint density at radius 1 is 1.36 bits per heavy atom. The molecule has 0 aliphatic rings. The number of amides is 2. The number of rotatable bonds is 5. The van der Waals surface area contributed by atoms with Crippen LogP contribution >= 0.6 is 0 Å². The maximum absolute atomic E-state index is 10.6. The highest BCUT2D eigenvalue weighted by atomic mass is 16.2. The van der Waals surface area contributed by atoms with Gasteiger partial charge in [-0.05, 0) is 6.92 Å². The third-order valence-electron chi connectivity index (χ3n) is 0.880. The SMILES string of the molecule is CC(=O)CNC(=O)CNC=O. The molecule has 0 spiro atoms. The van der Waals surface area contributed by atoms with Crippen molar-refractivity contribution < 1.29 is 14.4 Å². The summed E-state index contributed by atoms with van der Waals surface area (Å²) in [5.41, 5.74) is 0. The lowest BCUT2D eigenvalue weighted by atomic mass is 10.4. The molecule has 0 aliphatic heterocycles. The molecule has 2 N–H and O–H groups in total. The molecule has 2 amide bonds. The van der Waals surface area contributed by atoms with Crippen molar-refractivity contribution in [2.24, 2.45) is 0 Å². The molecule has 0 aliphatic carbocycles. The van der Waals surface area contributed by atoms with Crippen molar-refractivity contribution in [2.75, 3.05) is 13.1 Å². The van der Waals surface area contributed by atoms with E-state index in [0.717, 1.165) is 0 Å². The summed E-state index contributed by atoms with van der Waals surface area (Å²) < 4.78 is 0. The van der Waals surface area contributed by atoms with E-state index in [9.17, 15) is 14.4 Å². The standard InChI is InChI=1S/C6H10N2O3/c1-5(10)2-8-6(11)3-7-4-9/h4H,2-3H2,1H3,(H,7,9)(H,8,11). The van der Waals surface area contributed by atoms with Crippen LogP contribution < -0.4 is 10.6 Å². The Morgan fingerprint density at radius 2 is 2.00 bits per heavy atom. The molecule has 5 heteroatoms. The molecule has 0 saturated carbocycles. The molecule has 62 valence electrons. The number of hydrogen-bond acceptors (Lipinski definition) is 3. The van der Waals surface area contributed by atoms with Crippen LogP contribution in [0.3, 0.4) is 0 Å². The van der Waals surface area contributed by atoms with Crippen molar-refractivity contribution in [1.82, 2.24) is 10.6 Å². The van der Waals surface area contributed by atoms with E-state index in [0.29, 0.717) is 6.41 Å². The fourth-order valence-corrected chi connectivity index (χ4v) is 0.420. The monoisotopic (exact) mass is 158 g/mol. The molecule has 0 aromatic heterocycles. The van der Waals surface area contributed by atoms with Gasteiger partial charge in [-0.15, -0.1) is 0 Å². The first-order valence-corrected chi connectivity index (χ1v) is 3.10. The second-order valence-electron chi connectivity index (χ2n) is 1.98. The Labute approximate surface area is 64.1 Å². The van der Waals surface area contributed by atoms with Gasteiger partial charge in [0, 0.05) is 0 Å². The van der Waals surface area contributed by atoms with E-state index in [2.05, 4.69) is 10.6 Å². The van der Waals surface area contributed by atoms with E-state index >= 15 is 0 Å². The van der Waals surface area contributed by atoms with Gasteiger partial charge >= 0.3 is 0 Å². The lowest BCUT2D eigenvalue weighted by Gasteiger charge is -2.00. The molecule has 0 atom stereocenters. The van der Waals surface area contributed by atoms with E-state index in [1.807, 2.05) is 0 Å². The Bertz CT molecular complexity index is 167. The molecule has 0 bridgehead atoms. The maximum atomic E-state index is 10.6. The van der Waals surface area contributed by atoms with Gasteiger partial charge in [0.1, 0.15) is 5.78 Å². The lowest BCUT2D eigenvalue weighted by molar-refractivity contribution is -0.124. The van der Waals surface area contributed by atoms with Crippen molar-refractivity contribution in [3.8, 4) is 0 Å². The Morgan fingerprint density at radius 3 is 2.45 bits per heavy atom. The second kappa shape index (κ2) is 5.40. The average molecular weight is 158 g/mol. The average Bonchev–Trinajstić information content (AvgIpc) is 1.97. The number of nitrogens with one attached hydrogen (secondary N) is 2. The molecule has 0 saturated heterocycles. The van der Waals surface area contributed by atoms with E-state index < -0.39 is 0 Å². The minimum Gasteiger partial charge on any atom is -0.350 e. The van der Waals surface area contributed by atoms with Gasteiger partial charge in [0.15, 0.2) is 0 Å². The van der Waals surface area contributed by atoms with E-state index in [1.54, 1.807) is 0 Å². The Kier molecular flexibility index (Phi) is 4.72. The zero-order valence-electron chi connectivity index (χ0n) is 6.22. The maximum Gasteiger partial charge on any atom is 0.239 e. The van der Waals surface area contributed by atoms with E-state index in [-0.39, 0.29) is 24.8 Å². The molecular formula is C6H10N2O3. The topological polar surface area (TPSA) is 75.3 Å². The number of carbonyl (C=O) groups excluding carboxylic acids is 3. The van der Waals surface area contributed by atoms with Gasteiger partial charge in [-0.2, -0.15) is 0 Å². The summed E-state index contributed by atoms with van der Waals surface area (Å²) in [6, 6.07) is 0. The highest BCUT2D eigenvalue weighted by Crippen LogP contribution is 1.65. The summed E-state index contributed by atoms with van der Waals surface area (Å²) in [5.74, 6) is -0.489. The third-order valence-corrected chi connectivity index (χ3v) is 0.880. The van der Waals surface area contributed by atoms with Crippen molar-refractivity contribution in [3.63, 3.8) is 0 Å². The summed E-state index contributed by atoms with van der Waals surface area (Å²) in [5, 5.41) is 4.47. The van der Waals surface area contributed by atoms with Crippen LogP contribution in [0, 0.1) is 0 Å². The molecular weight excluding hydrogens is 148 g/mol. The molecule has 0 aromatic rings. The number of hydrogen-bond donors (Lipinski definition) is 2. The van der Waals surface area contributed by atoms with Crippen LogP contribution in [0.5, 0.6) is 0 Å². The van der Waals surface area contributed by atoms with Crippen LogP contribution in [0.15, 0.2) is 0 Å². The predicted molar refractivity (Wildman–Crippen MR) is 37.8 cm³/mol. The first-order valence-electron chi connectivity index (χ1n) is 3.10. The molecule has 0 unspecified atom stereocenters. The molecule has 11 heavy (non-hydrogen) atoms. The van der Waals surface area contributed by atoms with Gasteiger partial charge in [0.05, 0.1) is 13.1 Å². The Hall–Kier alpha value is -1.39. The summed E-state index contributed by atoms with van der Waals surface area (Å²) in [7, 11) is 0. The number of ketones is 1. The van der Waals surface area contributed by atoms with Gasteiger partial charge in [0.25, 0.3) is 0 Å². The third kappa shape index (κ3) is 6.50. The van der Waals surface area contributed by atoms with Gasteiger partial charge in [-0.3, -0.25) is 14.4 Å². The molecule has 0 radical (unpaired) electrons. The zero-order chi connectivity index (χ0) is 8.69. The Balaban J connectivity index is 3.37. The lowest BCUT2D eigenvalue weighted by Crippen LogP contribution is -2.35. The number of carbonyl (C=O) groups is 3. The van der Waals surface area contributed by atoms with Crippen LogP contribution in [0.1, 0.15) is 6.92 Å². The van der Waals surface area contributed by atoms with E-state index in [1.165, 1.54) is 6.92 Å². The first-order chi connectivity index (χ1) is 5.16. The smallest absolute Gasteiger partial charge is 0.239 e. The molecule has 0 fully saturated rings. The van der Waals surface area contributed by atoms with Crippen LogP contribution in [0.2, 0.25) is 0 Å². The molecule has 5 nitrogen and oxygen atoms in total. The van der Waals surface area contributed by atoms with Gasteiger partial charge in [0.2, 0.25) is 12.3 Å². The molecule has 0 rings (SSSR count). The normalized spacial score (nSPS) is 8.45. The predicted octanol–water partition coefficient (Wildman–Crippen LogP) is -1.56. The van der Waals surface area contributed by atoms with Crippen LogP contribution in [-0.4, -0.2) is 31.2 Å². The van der Waals surface area contributed by atoms with Crippen LogP contribution in [0.25, 0.3) is 0 Å². The van der Waals surface area contributed by atoms with Gasteiger partial charge < -0.3 is 10.6 Å². The first kappa shape index (κ1) is 9.61. The molecule has 0 aromatic carbocycles. The largest absolute Gasteiger partial charge is 0.350 e. The summed E-state index contributed by atoms with van der Waals surface area (Å²) in [6.07, 6.45) is 0.424. The minimum atomic E-state index is -0.368.